The fourth-order valence-corrected chi connectivity index (χ4v) is 3.01. The Labute approximate surface area is 118 Å². The average molecular weight is 260 g/mol. The molecular weight excluding hydrogens is 232 g/mol. The van der Waals surface area contributed by atoms with Crippen molar-refractivity contribution < 1.29 is 0 Å². The number of benzene rings is 1. The number of hydrogen-bond acceptors (Lipinski definition) is 2. The molecule has 0 bridgehead atoms. The van der Waals surface area contributed by atoms with Crippen molar-refractivity contribution in [2.24, 2.45) is 0 Å². The molecule has 19 heavy (non-hydrogen) atoms. The molecule has 1 heterocycles. The van der Waals surface area contributed by atoms with Crippen molar-refractivity contribution in [3.05, 3.63) is 35.4 Å². The van der Waals surface area contributed by atoms with Crippen LogP contribution in [0.3, 0.4) is 0 Å². The number of rotatable bonds is 6. The van der Waals surface area contributed by atoms with Gasteiger partial charge in [-0.2, -0.15) is 0 Å². The maximum atomic E-state index is 3.75. The van der Waals surface area contributed by atoms with Crippen LogP contribution in [0.25, 0.3) is 0 Å². The van der Waals surface area contributed by atoms with Crippen LogP contribution in [0.15, 0.2) is 24.3 Å². The fourth-order valence-electron chi connectivity index (χ4n) is 3.01. The molecule has 0 radical (unpaired) electrons. The molecule has 0 saturated carbocycles. The third-order valence-corrected chi connectivity index (χ3v) is 4.21. The molecule has 1 aliphatic heterocycles. The summed E-state index contributed by atoms with van der Waals surface area (Å²) in [7, 11) is 0. The molecule has 2 rings (SSSR count). The molecule has 0 aromatic heterocycles. The summed E-state index contributed by atoms with van der Waals surface area (Å²) in [5, 5.41) is 3.75. The molecule has 2 nitrogen and oxygen atoms in total. The van der Waals surface area contributed by atoms with Gasteiger partial charge >= 0.3 is 0 Å². The first-order valence-electron chi connectivity index (χ1n) is 7.86. The topological polar surface area (TPSA) is 15.3 Å². The highest BCUT2D eigenvalue weighted by Gasteiger charge is 2.17. The predicted octanol–water partition coefficient (Wildman–Crippen LogP) is 3.21. The Hall–Kier alpha value is -0.860. The van der Waals surface area contributed by atoms with Gasteiger partial charge in [-0.3, -0.25) is 0 Å². The summed E-state index contributed by atoms with van der Waals surface area (Å²) in [4.78, 5) is 2.60. The molecule has 1 aromatic carbocycles. The van der Waals surface area contributed by atoms with Crippen LogP contribution in [-0.2, 0) is 13.0 Å². The Bertz CT molecular complexity index is 367. The molecule has 1 aliphatic rings. The van der Waals surface area contributed by atoms with Crippen LogP contribution in [-0.4, -0.2) is 30.6 Å². The lowest BCUT2D eigenvalue weighted by molar-refractivity contribution is 0.197. The minimum absolute atomic E-state index is 0.706. The first kappa shape index (κ1) is 14.5. The van der Waals surface area contributed by atoms with E-state index in [1.807, 2.05) is 0 Å². The Balaban J connectivity index is 1.77. The van der Waals surface area contributed by atoms with E-state index in [0.717, 1.165) is 13.0 Å². The second-order valence-electron chi connectivity index (χ2n) is 5.62. The summed E-state index contributed by atoms with van der Waals surface area (Å²) >= 11 is 0. The number of nitrogens with zero attached hydrogens (tertiary/aromatic N) is 1. The van der Waals surface area contributed by atoms with Crippen LogP contribution in [0.1, 0.15) is 44.2 Å². The highest BCUT2D eigenvalue weighted by atomic mass is 15.1. The van der Waals surface area contributed by atoms with Gasteiger partial charge in [0.25, 0.3) is 0 Å². The lowest BCUT2D eigenvalue weighted by atomic mass is 10.0. The molecular formula is C17H28N2. The normalized spacial score (nSPS) is 17.8. The van der Waals surface area contributed by atoms with Gasteiger partial charge in [0.2, 0.25) is 0 Å². The Morgan fingerprint density at radius 2 is 1.79 bits per heavy atom. The smallest absolute Gasteiger partial charge is 0.0210 e. The van der Waals surface area contributed by atoms with Crippen molar-refractivity contribution in [2.75, 3.05) is 19.6 Å². The van der Waals surface area contributed by atoms with Crippen molar-refractivity contribution >= 4 is 0 Å². The predicted molar refractivity (Wildman–Crippen MR) is 82.4 cm³/mol. The van der Waals surface area contributed by atoms with Gasteiger partial charge in [-0.05, 0) is 56.4 Å². The molecule has 0 atom stereocenters. The van der Waals surface area contributed by atoms with Crippen molar-refractivity contribution in [3.63, 3.8) is 0 Å². The first-order chi connectivity index (χ1) is 9.33. The van der Waals surface area contributed by atoms with Crippen LogP contribution < -0.4 is 5.32 Å². The molecule has 1 fully saturated rings. The zero-order chi connectivity index (χ0) is 13.5. The van der Waals surface area contributed by atoms with Gasteiger partial charge in [0.1, 0.15) is 0 Å². The van der Waals surface area contributed by atoms with Crippen LogP contribution in [0.2, 0.25) is 0 Å². The monoisotopic (exact) mass is 260 g/mol. The molecule has 2 heteroatoms. The van der Waals surface area contributed by atoms with E-state index in [1.165, 1.54) is 50.0 Å². The lowest BCUT2D eigenvalue weighted by Crippen LogP contribution is -2.42. The van der Waals surface area contributed by atoms with Gasteiger partial charge in [-0.25, -0.2) is 0 Å². The highest BCUT2D eigenvalue weighted by Crippen LogP contribution is 2.13. The Morgan fingerprint density at radius 3 is 2.42 bits per heavy atom. The van der Waals surface area contributed by atoms with Gasteiger partial charge in [-0.1, -0.05) is 38.1 Å². The number of piperidine rings is 1. The van der Waals surface area contributed by atoms with Crippen molar-refractivity contribution in [1.29, 1.82) is 0 Å². The Morgan fingerprint density at radius 1 is 1.11 bits per heavy atom. The zero-order valence-corrected chi connectivity index (χ0v) is 12.5. The molecule has 0 amide bonds. The first-order valence-corrected chi connectivity index (χ1v) is 7.86. The van der Waals surface area contributed by atoms with Crippen LogP contribution in [0.4, 0.5) is 0 Å². The number of aryl methyl sites for hydroxylation is 1. The third-order valence-electron chi connectivity index (χ3n) is 4.21. The zero-order valence-electron chi connectivity index (χ0n) is 12.5. The van der Waals surface area contributed by atoms with E-state index in [-0.39, 0.29) is 0 Å². The van der Waals surface area contributed by atoms with E-state index in [9.17, 15) is 0 Å². The molecule has 106 valence electrons. The van der Waals surface area contributed by atoms with E-state index in [2.05, 4.69) is 48.3 Å². The van der Waals surface area contributed by atoms with Crippen LogP contribution >= 0.6 is 0 Å². The molecule has 0 aliphatic carbocycles. The van der Waals surface area contributed by atoms with Crippen molar-refractivity contribution in [1.82, 2.24) is 10.2 Å². The van der Waals surface area contributed by atoms with Gasteiger partial charge in [-0.15, -0.1) is 0 Å². The number of likely N-dealkylation sites (tertiary alicyclic amines) is 1. The summed E-state index contributed by atoms with van der Waals surface area (Å²) in [6, 6.07) is 9.52. The highest BCUT2D eigenvalue weighted by molar-refractivity contribution is 5.26. The molecule has 1 saturated heterocycles. The fraction of sp³-hybridized carbons (Fsp3) is 0.647. The van der Waals surface area contributed by atoms with E-state index < -0.39 is 0 Å². The van der Waals surface area contributed by atoms with Gasteiger partial charge in [0.05, 0.1) is 0 Å². The quantitative estimate of drug-likeness (QED) is 0.845. The minimum Gasteiger partial charge on any atom is -0.310 e. The summed E-state index contributed by atoms with van der Waals surface area (Å²) in [5.74, 6) is 0. The Kier molecular flexibility index (Phi) is 5.87. The standard InChI is InChI=1S/C17H28N2/c1-3-11-19-12-9-17(10-13-19)18-14-16-8-6-5-7-15(16)4-2/h5-8,17-18H,3-4,9-14H2,1-2H3. The SMILES string of the molecule is CCCN1CCC(NCc2ccccc2CC)CC1. The summed E-state index contributed by atoms with van der Waals surface area (Å²) in [6.45, 7) is 9.34. The molecule has 1 aromatic rings. The van der Waals surface area contributed by atoms with Gasteiger partial charge < -0.3 is 10.2 Å². The van der Waals surface area contributed by atoms with Crippen LogP contribution in [0.5, 0.6) is 0 Å². The maximum Gasteiger partial charge on any atom is 0.0210 e. The number of hydrogen-bond donors (Lipinski definition) is 1. The van der Waals surface area contributed by atoms with E-state index >= 15 is 0 Å². The summed E-state index contributed by atoms with van der Waals surface area (Å²) in [5.41, 5.74) is 2.96. The largest absolute Gasteiger partial charge is 0.310 e. The van der Waals surface area contributed by atoms with E-state index in [1.54, 1.807) is 0 Å². The van der Waals surface area contributed by atoms with Gasteiger partial charge in [0, 0.05) is 12.6 Å². The minimum atomic E-state index is 0.706. The third kappa shape index (κ3) is 4.32. The lowest BCUT2D eigenvalue weighted by Gasteiger charge is -2.32. The molecule has 0 spiro atoms. The maximum absolute atomic E-state index is 3.75. The van der Waals surface area contributed by atoms with Gasteiger partial charge in [0.15, 0.2) is 0 Å². The summed E-state index contributed by atoms with van der Waals surface area (Å²) < 4.78 is 0. The molecule has 0 unspecified atom stereocenters. The average Bonchev–Trinajstić information content (AvgIpc) is 2.47. The number of nitrogens with one attached hydrogen (secondary N) is 1. The second kappa shape index (κ2) is 7.66. The van der Waals surface area contributed by atoms with E-state index in [4.69, 9.17) is 0 Å². The van der Waals surface area contributed by atoms with Crippen LogP contribution in [0, 0.1) is 0 Å². The second-order valence-corrected chi connectivity index (χ2v) is 5.62. The molecule has 1 N–H and O–H groups in total. The van der Waals surface area contributed by atoms with Crippen molar-refractivity contribution in [3.8, 4) is 0 Å². The summed E-state index contributed by atoms with van der Waals surface area (Å²) in [6.07, 6.45) is 5.01. The van der Waals surface area contributed by atoms with E-state index in [0.29, 0.717) is 6.04 Å². The van der Waals surface area contributed by atoms with Crippen molar-refractivity contribution in [2.45, 2.75) is 52.1 Å².